The molecule has 92 valence electrons. The molecule has 4 rings (SSSR count). The molecule has 0 spiro atoms. The van der Waals surface area contributed by atoms with Crippen molar-refractivity contribution in [3.05, 3.63) is 54.5 Å². The van der Waals surface area contributed by atoms with Crippen molar-refractivity contribution in [2.75, 3.05) is 0 Å². The van der Waals surface area contributed by atoms with Gasteiger partial charge in [0.2, 0.25) is 0 Å². The number of hydrogen-bond acceptors (Lipinski definition) is 2. The van der Waals surface area contributed by atoms with Crippen LogP contribution in [0, 0.1) is 5.82 Å². The largest absolute Gasteiger partial charge is 0.464 e. The molecular weight excluding hydrogens is 243 g/mol. The molecule has 1 N–H and O–H groups in total. The molecule has 0 saturated heterocycles. The Kier molecular flexibility index (Phi) is 2.00. The van der Waals surface area contributed by atoms with Gasteiger partial charge in [-0.25, -0.2) is 9.37 Å². The van der Waals surface area contributed by atoms with Crippen LogP contribution in [0.1, 0.15) is 0 Å². The summed E-state index contributed by atoms with van der Waals surface area (Å²) in [5.41, 5.74) is 3.11. The van der Waals surface area contributed by atoms with Crippen molar-refractivity contribution in [2.45, 2.75) is 0 Å². The number of aromatic amines is 1. The Bertz CT molecular complexity index is 891. The van der Waals surface area contributed by atoms with Gasteiger partial charge in [0, 0.05) is 5.39 Å². The topological polar surface area (TPSA) is 41.8 Å². The minimum Gasteiger partial charge on any atom is -0.464 e. The minimum atomic E-state index is -0.278. The van der Waals surface area contributed by atoms with Crippen molar-refractivity contribution < 1.29 is 8.81 Å². The fourth-order valence-electron chi connectivity index (χ4n) is 2.27. The zero-order valence-electron chi connectivity index (χ0n) is 9.85. The van der Waals surface area contributed by atoms with E-state index in [1.165, 1.54) is 12.1 Å². The number of H-pyrrole nitrogens is 1. The first-order valence-electron chi connectivity index (χ1n) is 5.93. The van der Waals surface area contributed by atoms with Crippen molar-refractivity contribution in [3.8, 4) is 11.4 Å². The van der Waals surface area contributed by atoms with E-state index in [9.17, 15) is 4.39 Å². The molecule has 0 aliphatic rings. The molecule has 0 amide bonds. The van der Waals surface area contributed by atoms with Gasteiger partial charge in [0.15, 0.2) is 0 Å². The second-order valence-electron chi connectivity index (χ2n) is 4.39. The standard InChI is InChI=1S/C15H9FN2O/c16-9-5-6-12-13(7-9)18-15(17-12)11-8-19-14-4-2-1-3-10(11)14/h1-8H,(H,17,18). The van der Waals surface area contributed by atoms with Gasteiger partial charge in [-0.15, -0.1) is 0 Å². The summed E-state index contributed by atoms with van der Waals surface area (Å²) in [6.45, 7) is 0. The lowest BCUT2D eigenvalue weighted by atomic mass is 10.2. The van der Waals surface area contributed by atoms with Crippen LogP contribution in [0.25, 0.3) is 33.4 Å². The van der Waals surface area contributed by atoms with Gasteiger partial charge in [-0.1, -0.05) is 18.2 Å². The number of furan rings is 1. The van der Waals surface area contributed by atoms with E-state index in [1.807, 2.05) is 24.3 Å². The molecular formula is C15H9FN2O. The van der Waals surface area contributed by atoms with E-state index in [4.69, 9.17) is 4.42 Å². The van der Waals surface area contributed by atoms with Crippen molar-refractivity contribution in [3.63, 3.8) is 0 Å². The Balaban J connectivity index is 1.99. The number of halogens is 1. The maximum atomic E-state index is 13.2. The highest BCUT2D eigenvalue weighted by Crippen LogP contribution is 2.29. The number of hydrogen-bond donors (Lipinski definition) is 1. The van der Waals surface area contributed by atoms with Gasteiger partial charge in [-0.3, -0.25) is 0 Å². The highest BCUT2D eigenvalue weighted by Gasteiger charge is 2.11. The lowest BCUT2D eigenvalue weighted by molar-refractivity contribution is 0.616. The van der Waals surface area contributed by atoms with Crippen molar-refractivity contribution in [2.24, 2.45) is 0 Å². The highest BCUT2D eigenvalue weighted by atomic mass is 19.1. The Hall–Kier alpha value is -2.62. The maximum absolute atomic E-state index is 13.2. The number of rotatable bonds is 1. The van der Waals surface area contributed by atoms with Gasteiger partial charge in [0.1, 0.15) is 23.5 Å². The highest BCUT2D eigenvalue weighted by molar-refractivity contribution is 5.93. The lowest BCUT2D eigenvalue weighted by Crippen LogP contribution is -1.77. The van der Waals surface area contributed by atoms with Gasteiger partial charge >= 0.3 is 0 Å². The van der Waals surface area contributed by atoms with E-state index in [0.717, 1.165) is 22.0 Å². The number of nitrogens with zero attached hydrogens (tertiary/aromatic N) is 1. The molecule has 0 aliphatic heterocycles. The van der Waals surface area contributed by atoms with E-state index in [1.54, 1.807) is 12.3 Å². The Morgan fingerprint density at radius 3 is 2.95 bits per heavy atom. The number of aromatic nitrogens is 2. The number of fused-ring (bicyclic) bond motifs is 2. The monoisotopic (exact) mass is 252 g/mol. The summed E-state index contributed by atoms with van der Waals surface area (Å²) in [5, 5.41) is 0.988. The Morgan fingerprint density at radius 2 is 2.00 bits per heavy atom. The van der Waals surface area contributed by atoms with Crippen molar-refractivity contribution >= 4 is 22.0 Å². The molecule has 4 heteroatoms. The van der Waals surface area contributed by atoms with E-state index in [-0.39, 0.29) is 5.82 Å². The molecule has 2 heterocycles. The first-order chi connectivity index (χ1) is 9.31. The summed E-state index contributed by atoms with van der Waals surface area (Å²) in [6.07, 6.45) is 1.67. The van der Waals surface area contributed by atoms with Crippen LogP contribution in [0.5, 0.6) is 0 Å². The predicted molar refractivity (Wildman–Crippen MR) is 71.3 cm³/mol. The van der Waals surface area contributed by atoms with Crippen molar-refractivity contribution in [1.29, 1.82) is 0 Å². The molecule has 0 unspecified atom stereocenters. The smallest absolute Gasteiger partial charge is 0.142 e. The Labute approximate surface area is 107 Å². The van der Waals surface area contributed by atoms with E-state index in [2.05, 4.69) is 9.97 Å². The fourth-order valence-corrected chi connectivity index (χ4v) is 2.27. The fraction of sp³-hybridized carbons (Fsp3) is 0. The molecule has 0 radical (unpaired) electrons. The van der Waals surface area contributed by atoms with Crippen LogP contribution in [0.2, 0.25) is 0 Å². The third-order valence-electron chi connectivity index (χ3n) is 3.18. The van der Waals surface area contributed by atoms with Gasteiger partial charge < -0.3 is 9.40 Å². The number of nitrogens with one attached hydrogen (secondary N) is 1. The van der Waals surface area contributed by atoms with Gasteiger partial charge in [0.05, 0.1) is 16.6 Å². The predicted octanol–water partition coefficient (Wildman–Crippen LogP) is 4.12. The zero-order chi connectivity index (χ0) is 12.8. The molecule has 2 aromatic carbocycles. The molecule has 0 saturated carbocycles. The number of imidazole rings is 1. The Morgan fingerprint density at radius 1 is 1.11 bits per heavy atom. The number of para-hydroxylation sites is 1. The van der Waals surface area contributed by atoms with Crippen LogP contribution < -0.4 is 0 Å². The average Bonchev–Trinajstić information content (AvgIpc) is 3.00. The molecule has 19 heavy (non-hydrogen) atoms. The van der Waals surface area contributed by atoms with Crippen LogP contribution in [0.15, 0.2) is 53.1 Å². The first-order valence-corrected chi connectivity index (χ1v) is 5.93. The molecule has 0 aliphatic carbocycles. The lowest BCUT2D eigenvalue weighted by Gasteiger charge is -1.91. The molecule has 4 aromatic rings. The number of benzene rings is 2. The molecule has 0 fully saturated rings. The third-order valence-corrected chi connectivity index (χ3v) is 3.18. The van der Waals surface area contributed by atoms with Gasteiger partial charge in [-0.05, 0) is 24.3 Å². The molecule has 0 bridgehead atoms. The normalized spacial score (nSPS) is 11.4. The molecule has 0 atom stereocenters. The van der Waals surface area contributed by atoms with Crippen LogP contribution in [0.3, 0.4) is 0 Å². The van der Waals surface area contributed by atoms with Gasteiger partial charge in [0.25, 0.3) is 0 Å². The minimum absolute atomic E-state index is 0.278. The van der Waals surface area contributed by atoms with Crippen LogP contribution in [0.4, 0.5) is 4.39 Å². The molecule has 2 aromatic heterocycles. The SMILES string of the molecule is Fc1ccc2nc(-c3coc4ccccc34)[nH]c2c1. The summed E-state index contributed by atoms with van der Waals surface area (Å²) in [5.74, 6) is 0.408. The average molecular weight is 252 g/mol. The summed E-state index contributed by atoms with van der Waals surface area (Å²) < 4.78 is 18.7. The van der Waals surface area contributed by atoms with Crippen LogP contribution >= 0.6 is 0 Å². The summed E-state index contributed by atoms with van der Waals surface area (Å²) in [7, 11) is 0. The second-order valence-corrected chi connectivity index (χ2v) is 4.39. The van der Waals surface area contributed by atoms with Crippen LogP contribution in [-0.2, 0) is 0 Å². The van der Waals surface area contributed by atoms with E-state index < -0.39 is 0 Å². The molecule has 3 nitrogen and oxygen atoms in total. The van der Waals surface area contributed by atoms with E-state index in [0.29, 0.717) is 11.3 Å². The summed E-state index contributed by atoms with van der Waals surface area (Å²) in [6, 6.07) is 12.2. The second kappa shape index (κ2) is 3.68. The maximum Gasteiger partial charge on any atom is 0.142 e. The third kappa shape index (κ3) is 1.53. The summed E-state index contributed by atoms with van der Waals surface area (Å²) in [4.78, 5) is 7.58. The first kappa shape index (κ1) is 10.3. The van der Waals surface area contributed by atoms with Gasteiger partial charge in [-0.2, -0.15) is 0 Å². The quantitative estimate of drug-likeness (QED) is 0.553. The zero-order valence-corrected chi connectivity index (χ0v) is 9.85. The van der Waals surface area contributed by atoms with Crippen molar-refractivity contribution in [1.82, 2.24) is 9.97 Å². The van der Waals surface area contributed by atoms with Crippen LogP contribution in [-0.4, -0.2) is 9.97 Å². The summed E-state index contributed by atoms with van der Waals surface area (Å²) >= 11 is 0. The van der Waals surface area contributed by atoms with E-state index >= 15 is 0 Å².